The van der Waals surface area contributed by atoms with Gasteiger partial charge in [-0.05, 0) is 6.92 Å². The van der Waals surface area contributed by atoms with Gasteiger partial charge in [0.1, 0.15) is 0 Å². The molecule has 24 heavy (non-hydrogen) atoms. The van der Waals surface area contributed by atoms with Gasteiger partial charge in [-0.25, -0.2) is 0 Å². The van der Waals surface area contributed by atoms with Crippen molar-refractivity contribution in [3.05, 3.63) is 12.1 Å². The Kier molecular flexibility index (Phi) is 6.69. The minimum atomic E-state index is -0.0324. The third-order valence-electron chi connectivity index (χ3n) is 4.21. The number of piperazine rings is 1. The first-order chi connectivity index (χ1) is 11.6. The summed E-state index contributed by atoms with van der Waals surface area (Å²) < 4.78 is 15.9. The van der Waals surface area contributed by atoms with Crippen LogP contribution in [0.15, 0.2) is 12.1 Å². The molecule has 0 radical (unpaired) electrons. The third-order valence-corrected chi connectivity index (χ3v) is 4.21. The minimum absolute atomic E-state index is 0.0324. The molecule has 1 saturated heterocycles. The van der Waals surface area contributed by atoms with E-state index in [0.29, 0.717) is 35.4 Å². The lowest BCUT2D eigenvalue weighted by molar-refractivity contribution is -0.116. The third kappa shape index (κ3) is 4.52. The van der Waals surface area contributed by atoms with E-state index in [2.05, 4.69) is 22.5 Å². The van der Waals surface area contributed by atoms with Crippen molar-refractivity contribution < 1.29 is 19.0 Å². The molecule has 134 valence electrons. The largest absolute Gasteiger partial charge is 0.493 e. The molecule has 1 amide bonds. The molecular formula is C17H27N3O4. The maximum Gasteiger partial charge on any atom is 0.225 e. The van der Waals surface area contributed by atoms with Crippen LogP contribution in [0.1, 0.15) is 13.3 Å². The van der Waals surface area contributed by atoms with Crippen molar-refractivity contribution in [1.82, 2.24) is 10.2 Å². The van der Waals surface area contributed by atoms with Gasteiger partial charge in [0.2, 0.25) is 11.7 Å². The second-order valence-corrected chi connectivity index (χ2v) is 5.80. The number of carbonyl (C=O) groups is 1. The molecule has 7 nitrogen and oxygen atoms in total. The predicted molar refractivity (Wildman–Crippen MR) is 93.2 cm³/mol. The van der Waals surface area contributed by atoms with Crippen LogP contribution in [-0.2, 0) is 4.79 Å². The fourth-order valence-corrected chi connectivity index (χ4v) is 2.84. The van der Waals surface area contributed by atoms with Crippen LogP contribution in [0.25, 0.3) is 0 Å². The van der Waals surface area contributed by atoms with Crippen LogP contribution in [0, 0.1) is 0 Å². The zero-order valence-electron chi connectivity index (χ0n) is 14.8. The zero-order valence-corrected chi connectivity index (χ0v) is 14.8. The van der Waals surface area contributed by atoms with Crippen LogP contribution in [0.2, 0.25) is 0 Å². The Bertz CT molecular complexity index is 540. The van der Waals surface area contributed by atoms with Gasteiger partial charge in [-0.2, -0.15) is 0 Å². The lowest BCUT2D eigenvalue weighted by atomic mass is 10.2. The molecule has 1 aliphatic rings. The van der Waals surface area contributed by atoms with E-state index >= 15 is 0 Å². The van der Waals surface area contributed by atoms with Crippen molar-refractivity contribution in [1.29, 1.82) is 0 Å². The van der Waals surface area contributed by atoms with Crippen molar-refractivity contribution in [3.8, 4) is 17.2 Å². The van der Waals surface area contributed by atoms with Crippen molar-refractivity contribution >= 4 is 11.6 Å². The predicted octanol–water partition coefficient (Wildman–Crippen LogP) is 1.33. The molecule has 1 aromatic rings. The van der Waals surface area contributed by atoms with Gasteiger partial charge < -0.3 is 24.8 Å². The Morgan fingerprint density at radius 3 is 2.46 bits per heavy atom. The van der Waals surface area contributed by atoms with E-state index in [9.17, 15) is 4.79 Å². The summed E-state index contributed by atoms with van der Waals surface area (Å²) in [7, 11) is 4.65. The molecular weight excluding hydrogens is 310 g/mol. The first kappa shape index (κ1) is 18.4. The van der Waals surface area contributed by atoms with Crippen LogP contribution in [-0.4, -0.2) is 64.4 Å². The maximum absolute atomic E-state index is 12.2. The lowest BCUT2D eigenvalue weighted by Crippen LogP contribution is -2.50. The van der Waals surface area contributed by atoms with E-state index in [1.807, 2.05) is 0 Å². The summed E-state index contributed by atoms with van der Waals surface area (Å²) in [6, 6.07) is 3.91. The highest BCUT2D eigenvalue weighted by Gasteiger charge is 2.19. The van der Waals surface area contributed by atoms with Gasteiger partial charge in [-0.1, -0.05) is 0 Å². The Labute approximate surface area is 143 Å². The second-order valence-electron chi connectivity index (χ2n) is 5.80. The van der Waals surface area contributed by atoms with Crippen molar-refractivity contribution in [3.63, 3.8) is 0 Å². The molecule has 0 saturated carbocycles. The summed E-state index contributed by atoms with van der Waals surface area (Å²) in [4.78, 5) is 14.6. The number of nitrogens with one attached hydrogen (secondary N) is 2. The van der Waals surface area contributed by atoms with Gasteiger partial charge in [0.15, 0.2) is 11.5 Å². The molecule has 1 heterocycles. The van der Waals surface area contributed by atoms with Crippen LogP contribution < -0.4 is 24.8 Å². The first-order valence-corrected chi connectivity index (χ1v) is 8.13. The standard InChI is InChI=1S/C17H27N3O4/c1-12-11-18-6-8-20(12)7-5-16(21)19-13-9-14(22-2)17(24-4)15(10-13)23-3/h9-10,12,18H,5-8,11H2,1-4H3,(H,19,21)/t12-/m0/s1. The van der Waals surface area contributed by atoms with Gasteiger partial charge in [-0.3, -0.25) is 9.69 Å². The fraction of sp³-hybridized carbons (Fsp3) is 0.588. The topological polar surface area (TPSA) is 72.1 Å². The fourth-order valence-electron chi connectivity index (χ4n) is 2.84. The molecule has 0 unspecified atom stereocenters. The van der Waals surface area contributed by atoms with Crippen LogP contribution >= 0.6 is 0 Å². The molecule has 0 aromatic heterocycles. The zero-order chi connectivity index (χ0) is 17.5. The summed E-state index contributed by atoms with van der Waals surface area (Å²) in [5, 5.41) is 6.25. The Hall–Kier alpha value is -1.99. The van der Waals surface area contributed by atoms with E-state index in [1.54, 1.807) is 33.5 Å². The number of ether oxygens (including phenoxy) is 3. The molecule has 1 aromatic carbocycles. The number of amides is 1. The van der Waals surface area contributed by atoms with Crippen molar-refractivity contribution in [2.75, 3.05) is 52.8 Å². The summed E-state index contributed by atoms with van der Waals surface area (Å²) in [5.74, 6) is 1.51. The molecule has 1 fully saturated rings. The Morgan fingerprint density at radius 1 is 1.25 bits per heavy atom. The quantitative estimate of drug-likeness (QED) is 0.782. The summed E-state index contributed by atoms with van der Waals surface area (Å²) in [6.45, 7) is 5.83. The summed E-state index contributed by atoms with van der Waals surface area (Å²) in [6.07, 6.45) is 0.445. The molecule has 7 heteroatoms. The highest BCUT2D eigenvalue weighted by molar-refractivity contribution is 5.91. The van der Waals surface area contributed by atoms with E-state index in [0.717, 1.165) is 26.2 Å². The van der Waals surface area contributed by atoms with Crippen molar-refractivity contribution in [2.45, 2.75) is 19.4 Å². The molecule has 2 N–H and O–H groups in total. The molecule has 0 bridgehead atoms. The van der Waals surface area contributed by atoms with E-state index in [1.165, 1.54) is 0 Å². The normalized spacial score (nSPS) is 18.1. The number of carbonyl (C=O) groups excluding carboxylic acids is 1. The SMILES string of the molecule is COc1cc(NC(=O)CCN2CCNC[C@@H]2C)cc(OC)c1OC. The Balaban J connectivity index is 1.98. The van der Waals surface area contributed by atoms with Gasteiger partial charge in [0, 0.05) is 56.5 Å². The molecule has 0 aliphatic carbocycles. The maximum atomic E-state index is 12.2. The number of nitrogens with zero attached hydrogens (tertiary/aromatic N) is 1. The first-order valence-electron chi connectivity index (χ1n) is 8.13. The van der Waals surface area contributed by atoms with Crippen LogP contribution in [0.4, 0.5) is 5.69 Å². The average Bonchev–Trinajstić information content (AvgIpc) is 2.60. The summed E-state index contributed by atoms with van der Waals surface area (Å²) >= 11 is 0. The average molecular weight is 337 g/mol. The van der Waals surface area contributed by atoms with Gasteiger partial charge >= 0.3 is 0 Å². The number of benzene rings is 1. The highest BCUT2D eigenvalue weighted by atomic mass is 16.5. The molecule has 2 rings (SSSR count). The van der Waals surface area contributed by atoms with Crippen LogP contribution in [0.5, 0.6) is 17.2 Å². The van der Waals surface area contributed by atoms with Gasteiger partial charge in [-0.15, -0.1) is 0 Å². The second kappa shape index (κ2) is 8.75. The van der Waals surface area contributed by atoms with E-state index in [4.69, 9.17) is 14.2 Å². The number of hydrogen-bond acceptors (Lipinski definition) is 6. The number of methoxy groups -OCH3 is 3. The molecule has 1 aliphatic heterocycles. The Morgan fingerprint density at radius 2 is 1.92 bits per heavy atom. The number of anilines is 1. The van der Waals surface area contributed by atoms with Crippen LogP contribution in [0.3, 0.4) is 0 Å². The molecule has 1 atom stereocenters. The van der Waals surface area contributed by atoms with Gasteiger partial charge in [0.05, 0.1) is 21.3 Å². The van der Waals surface area contributed by atoms with E-state index in [-0.39, 0.29) is 5.91 Å². The smallest absolute Gasteiger partial charge is 0.225 e. The molecule has 0 spiro atoms. The number of rotatable bonds is 7. The van der Waals surface area contributed by atoms with Gasteiger partial charge in [0.25, 0.3) is 0 Å². The highest BCUT2D eigenvalue weighted by Crippen LogP contribution is 2.39. The van der Waals surface area contributed by atoms with E-state index < -0.39 is 0 Å². The van der Waals surface area contributed by atoms with Crippen molar-refractivity contribution in [2.24, 2.45) is 0 Å². The number of hydrogen-bond donors (Lipinski definition) is 2. The monoisotopic (exact) mass is 337 g/mol. The lowest BCUT2D eigenvalue weighted by Gasteiger charge is -2.33. The minimum Gasteiger partial charge on any atom is -0.493 e. The summed E-state index contributed by atoms with van der Waals surface area (Å²) in [5.41, 5.74) is 0.628.